The fourth-order valence-electron chi connectivity index (χ4n) is 2.12. The molecule has 0 N–H and O–H groups in total. The Morgan fingerprint density at radius 3 is 0.844 bits per heavy atom. The number of nitrogens with zero attached hydrogens (tertiary/aromatic N) is 4. The Morgan fingerprint density at radius 1 is 0.562 bits per heavy atom. The van der Waals surface area contributed by atoms with Gasteiger partial charge in [0.1, 0.15) is 0 Å². The van der Waals surface area contributed by atoms with E-state index in [0.29, 0.717) is 12.8 Å². The summed E-state index contributed by atoms with van der Waals surface area (Å²) in [6, 6.07) is 0. The van der Waals surface area contributed by atoms with E-state index in [4.69, 9.17) is 0 Å². The van der Waals surface area contributed by atoms with Gasteiger partial charge in [-0.15, -0.1) is 0 Å². The second-order valence-electron chi connectivity index (χ2n) is 6.25. The zero-order valence-electron chi connectivity index (χ0n) is 17.3. The molecule has 0 unspecified atom stereocenters. The van der Waals surface area contributed by atoms with Crippen molar-refractivity contribution in [2.75, 3.05) is 51.2 Å². The van der Waals surface area contributed by atoms with E-state index >= 15 is 0 Å². The minimum absolute atomic E-state index is 0. The molecule has 2 aliphatic heterocycles. The number of hydrogen-bond acceptors (Lipinski definition) is 8. The number of sulfonamides is 4. The van der Waals surface area contributed by atoms with Gasteiger partial charge in [0, 0.05) is 26.2 Å². The van der Waals surface area contributed by atoms with Crippen molar-refractivity contribution in [2.45, 2.75) is 12.8 Å². The predicted octanol–water partition coefficient (Wildman–Crippen LogP) is -4.34. The molecule has 0 spiro atoms. The molecule has 2 aliphatic rings. The van der Waals surface area contributed by atoms with Crippen LogP contribution >= 0.6 is 14.1 Å². The molecule has 0 aromatic carbocycles. The zero-order chi connectivity index (χ0) is 24.0. The topological polar surface area (TPSA) is 150 Å². The summed E-state index contributed by atoms with van der Waals surface area (Å²) in [5.74, 6) is 0. The van der Waals surface area contributed by atoms with Crippen LogP contribution in [0, 0.1) is 13.3 Å². The van der Waals surface area contributed by atoms with E-state index in [2.05, 4.69) is 41.7 Å². The monoisotopic (exact) mass is 720 g/mol. The van der Waals surface area contributed by atoms with E-state index in [1.165, 1.54) is 0 Å². The zero-order valence-corrected chi connectivity index (χ0v) is 24.8. The van der Waals surface area contributed by atoms with E-state index < -0.39 is 40.1 Å². The van der Waals surface area contributed by atoms with Crippen molar-refractivity contribution in [1.82, 2.24) is 17.2 Å². The summed E-state index contributed by atoms with van der Waals surface area (Å²) in [6.45, 7) is 5.78. The third kappa shape index (κ3) is 14.1. The van der Waals surface area contributed by atoms with Gasteiger partial charge >= 0.3 is 45.4 Å². The molecule has 12 nitrogen and oxygen atoms in total. The Kier molecular flexibility index (Phi) is 18.4. The molecule has 200 valence electrons. The van der Waals surface area contributed by atoms with Gasteiger partial charge in [-0.1, -0.05) is 0 Å². The van der Waals surface area contributed by atoms with Crippen molar-refractivity contribution in [1.29, 1.82) is 0 Å². The average Bonchev–Trinajstić information content (AvgIpc) is 2.61. The van der Waals surface area contributed by atoms with E-state index in [-0.39, 0.29) is 55.7 Å². The van der Waals surface area contributed by atoms with Crippen LogP contribution in [0.1, 0.15) is 12.8 Å². The van der Waals surface area contributed by atoms with E-state index in [1.54, 1.807) is 0 Å². The van der Waals surface area contributed by atoms with Gasteiger partial charge in [0.15, 0.2) is 13.3 Å². The van der Waals surface area contributed by atoms with Crippen molar-refractivity contribution in [2.24, 2.45) is 0 Å². The van der Waals surface area contributed by atoms with Crippen LogP contribution in [0.25, 0.3) is 0 Å². The fourth-order valence-corrected chi connectivity index (χ4v) is 5.06. The Labute approximate surface area is 224 Å². The van der Waals surface area contributed by atoms with Gasteiger partial charge in [-0.3, -0.25) is 0 Å². The van der Waals surface area contributed by atoms with Crippen LogP contribution in [0.4, 0.5) is 0 Å². The van der Waals surface area contributed by atoms with Crippen molar-refractivity contribution in [3.63, 3.8) is 0 Å². The molecule has 2 heterocycles. The summed E-state index contributed by atoms with van der Waals surface area (Å²) < 4.78 is 92.5. The quantitative estimate of drug-likeness (QED) is 0.265. The summed E-state index contributed by atoms with van der Waals surface area (Å²) in [4.78, 5) is 0. The van der Waals surface area contributed by atoms with Gasteiger partial charge in [-0.25, -0.2) is 33.7 Å². The number of rotatable bonds is 4. The summed E-state index contributed by atoms with van der Waals surface area (Å²) in [5, 5.41) is 0. The van der Waals surface area contributed by atoms with Crippen LogP contribution in [0.15, 0.2) is 0 Å². The number of hydrogen-bond donors (Lipinski definition) is 0. The van der Waals surface area contributed by atoms with Gasteiger partial charge in [0.2, 0.25) is 40.1 Å². The van der Waals surface area contributed by atoms with Crippen LogP contribution in [-0.2, 0) is 71.4 Å². The summed E-state index contributed by atoms with van der Waals surface area (Å²) in [5.41, 5.74) is 0. The van der Waals surface area contributed by atoms with Crippen molar-refractivity contribution in [3.8, 4) is 0 Å². The third-order valence-corrected chi connectivity index (χ3v) is 7.75. The van der Waals surface area contributed by atoms with Crippen molar-refractivity contribution < 1.29 is 77.4 Å². The van der Waals surface area contributed by atoms with Crippen LogP contribution < -0.4 is 12.4 Å². The van der Waals surface area contributed by atoms with Crippen LogP contribution in [-0.4, -0.2) is 102 Å². The van der Waals surface area contributed by atoms with Crippen LogP contribution in [0.2, 0.25) is 0 Å². The minimum atomic E-state index is -3.40. The van der Waals surface area contributed by atoms with Gasteiger partial charge in [0.05, 0.1) is 25.0 Å². The van der Waals surface area contributed by atoms with Crippen molar-refractivity contribution in [3.05, 3.63) is 13.3 Å². The first-order valence-corrected chi connectivity index (χ1v) is 17.7. The van der Waals surface area contributed by atoms with E-state index in [1.807, 2.05) is 0 Å². The molecule has 32 heavy (non-hydrogen) atoms. The summed E-state index contributed by atoms with van der Waals surface area (Å²) >= 11 is 6.50. The predicted molar refractivity (Wildman–Crippen MR) is 111 cm³/mol. The summed E-state index contributed by atoms with van der Waals surface area (Å²) in [6.07, 6.45) is 5.04. The molecule has 0 saturated carbocycles. The molecule has 2 saturated heterocycles. The maximum atomic E-state index is 11.1. The van der Waals surface area contributed by atoms with E-state index in [9.17, 15) is 33.7 Å². The molecule has 20 heteroatoms. The number of halogens is 2. The van der Waals surface area contributed by atoms with Gasteiger partial charge in [-0.05, 0) is 12.8 Å². The first kappa shape index (κ1) is 38.0. The Bertz CT molecular complexity index is 826. The van der Waals surface area contributed by atoms with E-state index in [0.717, 1.165) is 42.2 Å². The fraction of sp³-hybridized carbons (Fsp3) is 0.833. The molecule has 0 aromatic rings. The van der Waals surface area contributed by atoms with Gasteiger partial charge in [-0.2, -0.15) is 17.2 Å². The summed E-state index contributed by atoms with van der Waals surface area (Å²) in [7, 11) is -13.6. The van der Waals surface area contributed by atoms with Gasteiger partial charge in [0.25, 0.3) is 0 Å². The second-order valence-corrected chi connectivity index (χ2v) is 13.9. The molecular weight excluding hydrogens is 699 g/mol. The second kappa shape index (κ2) is 15.5. The first-order chi connectivity index (χ1) is 13.4. The van der Waals surface area contributed by atoms with Gasteiger partial charge < -0.3 is 12.4 Å². The normalized spacial score (nSPS) is 19.8. The molecule has 2 fully saturated rings. The molecule has 0 aliphatic carbocycles. The Hall–Kier alpha value is 1.45. The maximum absolute atomic E-state index is 11.1. The average molecular weight is 723 g/mol. The van der Waals surface area contributed by atoms with Crippen LogP contribution in [0.5, 0.6) is 0 Å². The van der Waals surface area contributed by atoms with Crippen molar-refractivity contribution >= 4 is 54.2 Å². The SMILES string of the molecule is CS(=O)(=O)N1[C]N(S(C)(=O)=O)CCC1.CS(=O)(=O)N1[C]N(S(C)(=O)=O)CCC1.[Cl-].[Cu+].[Cu][Br]. The molecule has 0 amide bonds. The third-order valence-electron chi connectivity index (χ3n) is 3.49. The molecule has 0 bridgehead atoms. The Morgan fingerprint density at radius 2 is 0.719 bits per heavy atom. The molecule has 0 aromatic heterocycles. The molecule has 4 radical (unpaired) electrons. The molecular formula is C12H24BrClCu2N4O8S4. The molecule has 2 rings (SSSR count). The molecule has 0 atom stereocenters. The Balaban J connectivity index is -0.000000461. The first-order valence-electron chi connectivity index (χ1n) is 7.97. The standard InChI is InChI=1S/2C6H12N2O4S2.BrH.ClH.2Cu/c2*1-13(9,10)7-4-3-5-8(6-7)14(2,11)12;;;;/h2*3-5H2,1-2H3;2*1H;;/q;;;;2*+1/p-2. The van der Waals surface area contributed by atoms with Crippen LogP contribution in [0.3, 0.4) is 0 Å².